The van der Waals surface area contributed by atoms with Crippen LogP contribution >= 0.6 is 11.6 Å². The summed E-state index contributed by atoms with van der Waals surface area (Å²) in [7, 11) is -3.85. The molecule has 1 aromatic heterocycles. The van der Waals surface area contributed by atoms with E-state index in [1.165, 1.54) is 19.2 Å². The van der Waals surface area contributed by atoms with Gasteiger partial charge >= 0.3 is 5.97 Å². The smallest absolute Gasteiger partial charge is 0.303 e. The maximum Gasteiger partial charge on any atom is 0.303 e. The largest absolute Gasteiger partial charge is 0.456 e. The van der Waals surface area contributed by atoms with Gasteiger partial charge in [0, 0.05) is 24.2 Å². The van der Waals surface area contributed by atoms with Crippen LogP contribution in [0.4, 0.5) is 0 Å². The van der Waals surface area contributed by atoms with Crippen LogP contribution < -0.4 is 4.72 Å². The Morgan fingerprint density at radius 2 is 2.10 bits per heavy atom. The Kier molecular flexibility index (Phi) is 5.72. The van der Waals surface area contributed by atoms with E-state index in [2.05, 4.69) is 9.71 Å². The van der Waals surface area contributed by atoms with Crippen molar-refractivity contribution in [2.24, 2.45) is 0 Å². The molecule has 0 aliphatic carbocycles. The molecule has 0 aliphatic rings. The quantitative estimate of drug-likeness (QED) is 0.657. The van der Waals surface area contributed by atoms with E-state index in [1.54, 1.807) is 26.8 Å². The number of halogens is 1. The van der Waals surface area contributed by atoms with E-state index in [9.17, 15) is 13.2 Å². The first-order valence-corrected chi connectivity index (χ1v) is 8.30. The first-order chi connectivity index (χ1) is 9.57. The molecule has 1 unspecified atom stereocenters. The maximum atomic E-state index is 12.4. The van der Waals surface area contributed by atoms with Gasteiger partial charge in [-0.25, -0.2) is 18.1 Å². The van der Waals surface area contributed by atoms with Crippen LogP contribution in [0, 0.1) is 0 Å². The Morgan fingerprint density at radius 1 is 1.48 bits per heavy atom. The number of hydrogen-bond donors (Lipinski definition) is 1. The molecule has 6 nitrogen and oxygen atoms in total. The Labute approximate surface area is 129 Å². The summed E-state index contributed by atoms with van der Waals surface area (Å²) < 4.78 is 32.4. The average molecular weight is 335 g/mol. The normalized spacial score (nSPS) is 13.8. The van der Waals surface area contributed by atoms with Crippen molar-refractivity contribution in [2.75, 3.05) is 5.88 Å². The fourth-order valence-electron chi connectivity index (χ4n) is 1.70. The number of pyridine rings is 1. The summed E-state index contributed by atoms with van der Waals surface area (Å²) in [6, 6.07) is 3.09. The minimum atomic E-state index is -3.85. The second-order valence-electron chi connectivity index (χ2n) is 5.51. The van der Waals surface area contributed by atoms with Gasteiger partial charge in [0.25, 0.3) is 10.0 Å². The number of rotatable bonds is 5. The molecule has 0 radical (unpaired) electrons. The van der Waals surface area contributed by atoms with Gasteiger partial charge in [-0.15, -0.1) is 11.6 Å². The zero-order valence-electron chi connectivity index (χ0n) is 12.4. The molecule has 1 heterocycles. The van der Waals surface area contributed by atoms with E-state index in [0.717, 1.165) is 0 Å². The minimum absolute atomic E-state index is 0.0662. The van der Waals surface area contributed by atoms with Gasteiger partial charge in [0.05, 0.1) is 5.88 Å². The van der Waals surface area contributed by atoms with Crippen LogP contribution in [-0.2, 0) is 19.6 Å². The lowest BCUT2D eigenvalue weighted by molar-refractivity contribution is -0.145. The highest BCUT2D eigenvalue weighted by Gasteiger charge is 2.29. The summed E-state index contributed by atoms with van der Waals surface area (Å²) in [4.78, 5) is 15.0. The van der Waals surface area contributed by atoms with Gasteiger partial charge in [-0.05, 0) is 26.8 Å². The lowest BCUT2D eigenvalue weighted by Crippen LogP contribution is -2.41. The van der Waals surface area contributed by atoms with Crippen LogP contribution in [-0.4, -0.2) is 30.8 Å². The Morgan fingerprint density at radius 3 is 2.57 bits per heavy atom. The number of carbonyl (C=O) groups excluding carboxylic acids is 1. The van der Waals surface area contributed by atoms with Gasteiger partial charge in [-0.2, -0.15) is 0 Å². The van der Waals surface area contributed by atoms with Gasteiger partial charge in [0.15, 0.2) is 5.03 Å². The highest BCUT2D eigenvalue weighted by atomic mass is 35.5. The highest BCUT2D eigenvalue weighted by Crippen LogP contribution is 2.25. The van der Waals surface area contributed by atoms with Gasteiger partial charge in [0.1, 0.15) is 6.10 Å². The molecule has 1 aromatic rings. The molecule has 0 bridgehead atoms. The topological polar surface area (TPSA) is 85.4 Å². The van der Waals surface area contributed by atoms with Crippen LogP contribution in [0.15, 0.2) is 23.4 Å². The minimum Gasteiger partial charge on any atom is -0.456 e. The number of nitrogens with one attached hydrogen (secondary N) is 1. The summed E-state index contributed by atoms with van der Waals surface area (Å²) in [5.41, 5.74) is -0.412. The molecule has 0 fully saturated rings. The fraction of sp³-hybridized carbons (Fsp3) is 0.538. The van der Waals surface area contributed by atoms with E-state index in [-0.39, 0.29) is 16.5 Å². The third-order valence-corrected chi connectivity index (χ3v) is 4.30. The number of aromatic nitrogens is 1. The molecule has 8 heteroatoms. The van der Waals surface area contributed by atoms with Crippen molar-refractivity contribution >= 4 is 27.6 Å². The molecule has 0 saturated carbocycles. The van der Waals surface area contributed by atoms with Gasteiger partial charge in [0.2, 0.25) is 0 Å². The molecule has 1 rings (SSSR count). The standard InChI is InChI=1S/C13H19ClN2O4S/c1-9(17)20-11(8-14)10-6-5-7-15-12(10)21(18,19)16-13(2,3)4/h5-7,11,16H,8H2,1-4H3. The average Bonchev–Trinajstić information content (AvgIpc) is 2.33. The zero-order chi connectivity index (χ0) is 16.3. The van der Waals surface area contributed by atoms with Crippen LogP contribution in [0.2, 0.25) is 0 Å². The predicted octanol–water partition coefficient (Wildman–Crippen LogP) is 2.00. The Balaban J connectivity index is 3.29. The second kappa shape index (κ2) is 6.72. The van der Waals surface area contributed by atoms with Crippen molar-refractivity contribution in [3.8, 4) is 0 Å². The number of nitrogens with zero attached hydrogens (tertiary/aromatic N) is 1. The summed E-state index contributed by atoms with van der Waals surface area (Å²) in [5.74, 6) is -0.611. The van der Waals surface area contributed by atoms with Gasteiger partial charge in [-0.3, -0.25) is 4.79 Å². The van der Waals surface area contributed by atoms with Crippen molar-refractivity contribution in [3.63, 3.8) is 0 Å². The molecule has 0 saturated heterocycles. The molecule has 0 amide bonds. The highest BCUT2D eigenvalue weighted by molar-refractivity contribution is 7.89. The first kappa shape index (κ1) is 17.9. The van der Waals surface area contributed by atoms with Gasteiger partial charge < -0.3 is 4.74 Å². The lowest BCUT2D eigenvalue weighted by atomic mass is 10.1. The van der Waals surface area contributed by atoms with Crippen molar-refractivity contribution in [2.45, 2.75) is 44.4 Å². The molecule has 21 heavy (non-hydrogen) atoms. The number of hydrogen-bond acceptors (Lipinski definition) is 5. The Bertz CT molecular complexity index is 611. The molecule has 1 N–H and O–H groups in total. The summed E-state index contributed by atoms with van der Waals surface area (Å²) in [6.45, 7) is 6.40. The maximum absolute atomic E-state index is 12.4. The van der Waals surface area contributed by atoms with E-state index in [4.69, 9.17) is 16.3 Å². The van der Waals surface area contributed by atoms with Crippen LogP contribution in [0.5, 0.6) is 0 Å². The zero-order valence-corrected chi connectivity index (χ0v) is 14.0. The number of carbonyl (C=O) groups is 1. The third-order valence-electron chi connectivity index (χ3n) is 2.29. The van der Waals surface area contributed by atoms with Crippen LogP contribution in [0.3, 0.4) is 0 Å². The van der Waals surface area contributed by atoms with E-state index < -0.39 is 27.6 Å². The molecular formula is C13H19ClN2O4S. The summed E-state index contributed by atoms with van der Waals surface area (Å²) in [6.07, 6.45) is 0.490. The Hall–Kier alpha value is -1.18. The summed E-state index contributed by atoms with van der Waals surface area (Å²) in [5, 5.41) is -0.188. The molecule has 0 spiro atoms. The van der Waals surface area contributed by atoms with Crippen LogP contribution in [0.25, 0.3) is 0 Å². The van der Waals surface area contributed by atoms with Crippen molar-refractivity contribution in [3.05, 3.63) is 23.9 Å². The SMILES string of the molecule is CC(=O)OC(CCl)c1cccnc1S(=O)(=O)NC(C)(C)C. The second-order valence-corrected chi connectivity index (χ2v) is 7.41. The van der Waals surface area contributed by atoms with Crippen molar-refractivity contribution < 1.29 is 17.9 Å². The molecular weight excluding hydrogens is 316 g/mol. The molecule has 118 valence electrons. The number of alkyl halides is 1. The number of sulfonamides is 1. The third kappa shape index (κ3) is 5.26. The van der Waals surface area contributed by atoms with E-state index in [1.807, 2.05) is 0 Å². The van der Waals surface area contributed by atoms with Crippen LogP contribution in [0.1, 0.15) is 39.4 Å². The fourth-order valence-corrected chi connectivity index (χ4v) is 3.54. The molecule has 0 aliphatic heterocycles. The molecule has 0 aromatic carbocycles. The first-order valence-electron chi connectivity index (χ1n) is 6.29. The molecule has 1 atom stereocenters. The monoisotopic (exact) mass is 334 g/mol. The number of ether oxygens (including phenoxy) is 1. The summed E-state index contributed by atoms with van der Waals surface area (Å²) >= 11 is 5.78. The van der Waals surface area contributed by atoms with E-state index in [0.29, 0.717) is 0 Å². The van der Waals surface area contributed by atoms with Crippen molar-refractivity contribution in [1.82, 2.24) is 9.71 Å². The van der Waals surface area contributed by atoms with Crippen molar-refractivity contribution in [1.29, 1.82) is 0 Å². The van der Waals surface area contributed by atoms with Gasteiger partial charge in [-0.1, -0.05) is 6.07 Å². The lowest BCUT2D eigenvalue weighted by Gasteiger charge is -2.22. The predicted molar refractivity (Wildman–Crippen MR) is 79.5 cm³/mol. The van der Waals surface area contributed by atoms with E-state index >= 15 is 0 Å². The number of esters is 1.